The summed E-state index contributed by atoms with van der Waals surface area (Å²) >= 11 is 0. The fourth-order valence-corrected chi connectivity index (χ4v) is 2.69. The van der Waals surface area contributed by atoms with Crippen molar-refractivity contribution in [2.24, 2.45) is 11.8 Å². The summed E-state index contributed by atoms with van der Waals surface area (Å²) in [5.41, 5.74) is 0. The molecule has 0 aliphatic heterocycles. The Kier molecular flexibility index (Phi) is 5.19. The first-order valence-corrected chi connectivity index (χ1v) is 5.99. The second kappa shape index (κ2) is 6.23. The third kappa shape index (κ3) is 3.54. The molecule has 0 heterocycles. The lowest BCUT2D eigenvalue weighted by Gasteiger charge is -2.23. The van der Waals surface area contributed by atoms with Gasteiger partial charge in [-0.1, -0.05) is 57.9 Å². The van der Waals surface area contributed by atoms with E-state index in [0.717, 1.165) is 11.8 Å². The van der Waals surface area contributed by atoms with Crippen molar-refractivity contribution in [2.75, 3.05) is 0 Å². The summed E-state index contributed by atoms with van der Waals surface area (Å²) in [6.45, 7) is 6.20. The van der Waals surface area contributed by atoms with Gasteiger partial charge in [0.05, 0.1) is 0 Å². The molecule has 76 valence electrons. The fourth-order valence-electron chi connectivity index (χ4n) is 2.69. The Bertz CT molecular complexity index is 129. The van der Waals surface area contributed by atoms with Crippen molar-refractivity contribution in [2.45, 2.75) is 58.3 Å². The van der Waals surface area contributed by atoms with Crippen molar-refractivity contribution in [1.29, 1.82) is 0 Å². The molecule has 13 heavy (non-hydrogen) atoms. The molecule has 0 heteroatoms. The van der Waals surface area contributed by atoms with Crippen LogP contribution in [0.25, 0.3) is 0 Å². The number of hydrogen-bond donors (Lipinski definition) is 0. The molecular weight excluding hydrogens is 156 g/mol. The van der Waals surface area contributed by atoms with E-state index in [0.29, 0.717) is 0 Å². The van der Waals surface area contributed by atoms with Crippen LogP contribution >= 0.6 is 0 Å². The highest BCUT2D eigenvalue weighted by Crippen LogP contribution is 2.32. The highest BCUT2D eigenvalue weighted by Gasteiger charge is 2.19. The van der Waals surface area contributed by atoms with Crippen molar-refractivity contribution in [1.82, 2.24) is 0 Å². The van der Waals surface area contributed by atoms with Gasteiger partial charge in [0.25, 0.3) is 0 Å². The lowest BCUT2D eigenvalue weighted by atomic mass is 9.82. The smallest absolute Gasteiger partial charge is 0.0322 e. The Morgan fingerprint density at radius 1 is 1.23 bits per heavy atom. The van der Waals surface area contributed by atoms with Gasteiger partial charge in [-0.3, -0.25) is 0 Å². The monoisotopic (exact) mass is 180 g/mol. The Morgan fingerprint density at radius 3 is 2.31 bits per heavy atom. The zero-order chi connectivity index (χ0) is 9.52. The molecule has 1 fully saturated rings. The van der Waals surface area contributed by atoms with Crippen LogP contribution in [0.5, 0.6) is 0 Å². The van der Waals surface area contributed by atoms with Gasteiger partial charge in [-0.15, -0.1) is 6.58 Å². The molecule has 0 spiro atoms. The normalized spacial score (nSPS) is 22.2. The van der Waals surface area contributed by atoms with Gasteiger partial charge in [0.1, 0.15) is 0 Å². The molecule has 1 atom stereocenters. The van der Waals surface area contributed by atoms with Crippen LogP contribution in [0.4, 0.5) is 0 Å². The molecule has 0 radical (unpaired) electrons. The van der Waals surface area contributed by atoms with Crippen molar-refractivity contribution in [3.05, 3.63) is 12.7 Å². The highest BCUT2D eigenvalue weighted by molar-refractivity contribution is 4.79. The van der Waals surface area contributed by atoms with E-state index in [4.69, 9.17) is 0 Å². The molecule has 0 saturated heterocycles. The van der Waals surface area contributed by atoms with Crippen LogP contribution in [-0.2, 0) is 0 Å². The SMILES string of the molecule is C=CCC(CC)C1CCCCCC1. The van der Waals surface area contributed by atoms with E-state index in [2.05, 4.69) is 19.6 Å². The lowest BCUT2D eigenvalue weighted by Crippen LogP contribution is -2.12. The summed E-state index contributed by atoms with van der Waals surface area (Å²) in [7, 11) is 0. The Hall–Kier alpha value is -0.260. The van der Waals surface area contributed by atoms with Gasteiger partial charge in [-0.2, -0.15) is 0 Å². The molecule has 0 aromatic heterocycles. The maximum atomic E-state index is 3.87. The van der Waals surface area contributed by atoms with E-state index in [1.807, 2.05) is 0 Å². The molecule has 1 unspecified atom stereocenters. The molecule has 0 nitrogen and oxygen atoms in total. The van der Waals surface area contributed by atoms with E-state index in [1.54, 1.807) is 0 Å². The maximum absolute atomic E-state index is 3.87. The largest absolute Gasteiger partial charge is 0.103 e. The first-order valence-electron chi connectivity index (χ1n) is 5.99. The molecule has 1 aliphatic rings. The maximum Gasteiger partial charge on any atom is -0.0322 e. The van der Waals surface area contributed by atoms with Gasteiger partial charge in [0, 0.05) is 0 Å². The molecular formula is C13H24. The van der Waals surface area contributed by atoms with Crippen LogP contribution in [-0.4, -0.2) is 0 Å². The van der Waals surface area contributed by atoms with Crippen molar-refractivity contribution >= 4 is 0 Å². The van der Waals surface area contributed by atoms with Crippen LogP contribution in [0, 0.1) is 11.8 Å². The standard InChI is InChI=1S/C13H24/c1-3-9-12(4-2)13-10-7-5-6-8-11-13/h3,12-13H,1,4-11H2,2H3. The summed E-state index contributed by atoms with van der Waals surface area (Å²) in [4.78, 5) is 0. The third-order valence-corrected chi connectivity index (χ3v) is 3.56. The molecule has 1 aliphatic carbocycles. The minimum Gasteiger partial charge on any atom is -0.103 e. The predicted molar refractivity (Wildman–Crippen MR) is 59.8 cm³/mol. The number of rotatable bonds is 4. The van der Waals surface area contributed by atoms with Crippen molar-refractivity contribution in [3.8, 4) is 0 Å². The van der Waals surface area contributed by atoms with Gasteiger partial charge >= 0.3 is 0 Å². The molecule has 0 N–H and O–H groups in total. The summed E-state index contributed by atoms with van der Waals surface area (Å²) in [5.74, 6) is 1.93. The number of hydrogen-bond acceptors (Lipinski definition) is 0. The third-order valence-electron chi connectivity index (χ3n) is 3.56. The average Bonchev–Trinajstić information content (AvgIpc) is 2.42. The van der Waals surface area contributed by atoms with Gasteiger partial charge in [0.15, 0.2) is 0 Å². The van der Waals surface area contributed by atoms with E-state index in [-0.39, 0.29) is 0 Å². The zero-order valence-corrected chi connectivity index (χ0v) is 9.10. The predicted octanol–water partition coefficient (Wildman–Crippen LogP) is 4.56. The summed E-state index contributed by atoms with van der Waals surface area (Å²) in [5, 5.41) is 0. The van der Waals surface area contributed by atoms with Crippen LogP contribution < -0.4 is 0 Å². The van der Waals surface area contributed by atoms with Gasteiger partial charge in [-0.05, 0) is 18.3 Å². The first-order chi connectivity index (χ1) is 6.38. The summed E-state index contributed by atoms with van der Waals surface area (Å²) < 4.78 is 0. The molecule has 0 amide bonds. The quantitative estimate of drug-likeness (QED) is 0.439. The first kappa shape index (κ1) is 10.8. The van der Waals surface area contributed by atoms with Crippen LogP contribution in [0.1, 0.15) is 58.3 Å². The molecule has 0 aromatic rings. The Labute approximate surface area is 83.4 Å². The van der Waals surface area contributed by atoms with E-state index < -0.39 is 0 Å². The number of allylic oxidation sites excluding steroid dienone is 1. The second-order valence-electron chi connectivity index (χ2n) is 4.44. The molecule has 1 saturated carbocycles. The minimum absolute atomic E-state index is 0.926. The lowest BCUT2D eigenvalue weighted by molar-refractivity contribution is 0.291. The van der Waals surface area contributed by atoms with Crippen molar-refractivity contribution in [3.63, 3.8) is 0 Å². The molecule has 0 bridgehead atoms. The molecule has 0 aromatic carbocycles. The molecule has 1 rings (SSSR count). The van der Waals surface area contributed by atoms with E-state index in [1.165, 1.54) is 51.4 Å². The minimum atomic E-state index is 0.926. The Morgan fingerprint density at radius 2 is 1.85 bits per heavy atom. The Balaban J connectivity index is 2.39. The van der Waals surface area contributed by atoms with Crippen LogP contribution in [0.3, 0.4) is 0 Å². The fraction of sp³-hybridized carbons (Fsp3) is 0.846. The zero-order valence-electron chi connectivity index (χ0n) is 9.10. The highest BCUT2D eigenvalue weighted by atomic mass is 14.2. The van der Waals surface area contributed by atoms with Crippen LogP contribution in [0.2, 0.25) is 0 Å². The van der Waals surface area contributed by atoms with Gasteiger partial charge in [0.2, 0.25) is 0 Å². The van der Waals surface area contributed by atoms with E-state index in [9.17, 15) is 0 Å². The topological polar surface area (TPSA) is 0 Å². The van der Waals surface area contributed by atoms with Crippen molar-refractivity contribution < 1.29 is 0 Å². The van der Waals surface area contributed by atoms with Gasteiger partial charge in [-0.25, -0.2) is 0 Å². The summed E-state index contributed by atoms with van der Waals surface area (Å²) in [6, 6.07) is 0. The average molecular weight is 180 g/mol. The van der Waals surface area contributed by atoms with E-state index >= 15 is 0 Å². The second-order valence-corrected chi connectivity index (χ2v) is 4.44. The summed E-state index contributed by atoms with van der Waals surface area (Å²) in [6.07, 6.45) is 13.5. The van der Waals surface area contributed by atoms with Gasteiger partial charge < -0.3 is 0 Å². The van der Waals surface area contributed by atoms with Crippen LogP contribution in [0.15, 0.2) is 12.7 Å².